The van der Waals surface area contributed by atoms with Gasteiger partial charge < -0.3 is 5.32 Å². The van der Waals surface area contributed by atoms with Crippen LogP contribution in [0.25, 0.3) is 22.2 Å². The molecule has 1 N–H and O–H groups in total. The summed E-state index contributed by atoms with van der Waals surface area (Å²) in [6.45, 7) is 0. The van der Waals surface area contributed by atoms with Crippen molar-refractivity contribution in [3.63, 3.8) is 0 Å². The summed E-state index contributed by atoms with van der Waals surface area (Å²) in [5, 5.41) is 8.40. The van der Waals surface area contributed by atoms with Crippen LogP contribution in [0.4, 0.5) is 5.82 Å². The Morgan fingerprint density at radius 3 is 2.62 bits per heavy atom. The summed E-state index contributed by atoms with van der Waals surface area (Å²) in [5.74, 6) is 0.258. The van der Waals surface area contributed by atoms with Crippen LogP contribution in [0.3, 0.4) is 0 Å². The molecule has 0 aliphatic rings. The third-order valence-corrected chi connectivity index (χ3v) is 4.40. The number of benzene rings is 2. The second-order valence-electron chi connectivity index (χ2n) is 5.88. The highest BCUT2D eigenvalue weighted by molar-refractivity contribution is 6.33. The molecule has 0 radical (unpaired) electrons. The summed E-state index contributed by atoms with van der Waals surface area (Å²) < 4.78 is 1.63. The van der Waals surface area contributed by atoms with Crippen molar-refractivity contribution in [2.75, 3.05) is 5.32 Å². The molecule has 0 saturated heterocycles. The first-order chi connectivity index (χ1) is 12.6. The molecule has 0 unspecified atom stereocenters. The number of pyridine rings is 1. The topological polar surface area (TPSA) is 59.8 Å². The van der Waals surface area contributed by atoms with E-state index in [-0.39, 0.29) is 5.91 Å². The zero-order valence-electron chi connectivity index (χ0n) is 14.0. The Labute approximate surface area is 155 Å². The van der Waals surface area contributed by atoms with Gasteiger partial charge in [-0.3, -0.25) is 9.48 Å². The van der Waals surface area contributed by atoms with E-state index < -0.39 is 0 Å². The third kappa shape index (κ3) is 3.05. The van der Waals surface area contributed by atoms with Gasteiger partial charge in [-0.2, -0.15) is 5.10 Å². The molecule has 0 aliphatic heterocycles. The zero-order chi connectivity index (χ0) is 18.1. The van der Waals surface area contributed by atoms with Crippen LogP contribution >= 0.6 is 11.6 Å². The van der Waals surface area contributed by atoms with Crippen molar-refractivity contribution in [3.8, 4) is 11.3 Å². The maximum Gasteiger partial charge on any atom is 0.257 e. The number of nitrogens with zero attached hydrogens (tertiary/aromatic N) is 3. The van der Waals surface area contributed by atoms with Gasteiger partial charge in [0.1, 0.15) is 0 Å². The van der Waals surface area contributed by atoms with E-state index in [1.54, 1.807) is 36.1 Å². The quantitative estimate of drug-likeness (QED) is 0.582. The molecule has 6 heteroatoms. The largest absolute Gasteiger partial charge is 0.305 e. The van der Waals surface area contributed by atoms with Gasteiger partial charge in [-0.25, -0.2) is 4.98 Å². The molecule has 0 saturated carbocycles. The molecule has 2 aromatic heterocycles. The number of hydrogen-bond donors (Lipinski definition) is 1. The second kappa shape index (κ2) is 6.61. The van der Waals surface area contributed by atoms with Crippen LogP contribution in [-0.2, 0) is 7.05 Å². The summed E-state index contributed by atoms with van der Waals surface area (Å²) in [5.41, 5.74) is 2.69. The molecule has 2 aromatic carbocycles. The lowest BCUT2D eigenvalue weighted by atomic mass is 10.0. The zero-order valence-corrected chi connectivity index (χ0v) is 14.7. The molecule has 0 aliphatic carbocycles. The van der Waals surface area contributed by atoms with Crippen molar-refractivity contribution in [3.05, 3.63) is 77.4 Å². The number of amides is 1. The van der Waals surface area contributed by atoms with Crippen molar-refractivity contribution in [1.82, 2.24) is 14.8 Å². The van der Waals surface area contributed by atoms with Gasteiger partial charge in [0.15, 0.2) is 5.82 Å². The van der Waals surface area contributed by atoms with Crippen molar-refractivity contribution < 1.29 is 4.79 Å². The normalized spacial score (nSPS) is 10.8. The summed E-state index contributed by atoms with van der Waals surface area (Å²) in [7, 11) is 1.80. The molecule has 0 spiro atoms. The first-order valence-corrected chi connectivity index (χ1v) is 8.45. The number of fused-ring (bicyclic) bond motifs is 1. The highest BCUT2D eigenvalue weighted by atomic mass is 35.5. The number of nitrogens with one attached hydrogen (secondary N) is 1. The van der Waals surface area contributed by atoms with Crippen molar-refractivity contribution in [2.45, 2.75) is 0 Å². The van der Waals surface area contributed by atoms with Gasteiger partial charge in [0.2, 0.25) is 0 Å². The Bertz CT molecular complexity index is 1120. The summed E-state index contributed by atoms with van der Waals surface area (Å²) in [4.78, 5) is 17.6. The Balaban J connectivity index is 1.84. The molecule has 128 valence electrons. The minimum absolute atomic E-state index is 0.240. The molecular weight excluding hydrogens is 348 g/mol. The maximum absolute atomic E-state index is 12.9. The Morgan fingerprint density at radius 1 is 1.08 bits per heavy atom. The van der Waals surface area contributed by atoms with Crippen LogP contribution < -0.4 is 5.32 Å². The van der Waals surface area contributed by atoms with Crippen LogP contribution in [0, 0.1) is 0 Å². The molecule has 1 amide bonds. The Morgan fingerprint density at radius 2 is 1.85 bits per heavy atom. The van der Waals surface area contributed by atoms with E-state index in [1.165, 1.54) is 0 Å². The van der Waals surface area contributed by atoms with Crippen LogP contribution in [-0.4, -0.2) is 20.7 Å². The van der Waals surface area contributed by atoms with Crippen LogP contribution in [0.5, 0.6) is 0 Å². The van der Waals surface area contributed by atoms with Gasteiger partial charge in [-0.15, -0.1) is 0 Å². The average Bonchev–Trinajstić information content (AvgIpc) is 3.06. The van der Waals surface area contributed by atoms with Gasteiger partial charge in [0.25, 0.3) is 5.91 Å². The fourth-order valence-electron chi connectivity index (χ4n) is 2.84. The van der Waals surface area contributed by atoms with Crippen molar-refractivity contribution in [2.24, 2.45) is 7.05 Å². The van der Waals surface area contributed by atoms with Crippen molar-refractivity contribution in [1.29, 1.82) is 0 Å². The van der Waals surface area contributed by atoms with E-state index in [1.807, 2.05) is 42.5 Å². The average molecular weight is 363 g/mol. The lowest BCUT2D eigenvalue weighted by Gasteiger charge is -2.10. The van der Waals surface area contributed by atoms with E-state index in [2.05, 4.69) is 15.4 Å². The maximum atomic E-state index is 12.9. The summed E-state index contributed by atoms with van der Waals surface area (Å²) in [6, 6.07) is 18.5. The van der Waals surface area contributed by atoms with Gasteiger partial charge in [-0.1, -0.05) is 48.0 Å². The molecule has 4 rings (SSSR count). The summed E-state index contributed by atoms with van der Waals surface area (Å²) >= 11 is 6.32. The summed E-state index contributed by atoms with van der Waals surface area (Å²) in [6.07, 6.45) is 1.77. The third-order valence-electron chi connectivity index (χ3n) is 4.07. The molecule has 5 nitrogen and oxygen atoms in total. The highest BCUT2D eigenvalue weighted by Gasteiger charge is 2.16. The molecule has 26 heavy (non-hydrogen) atoms. The van der Waals surface area contributed by atoms with Gasteiger partial charge >= 0.3 is 0 Å². The van der Waals surface area contributed by atoms with E-state index in [4.69, 9.17) is 11.6 Å². The monoisotopic (exact) mass is 362 g/mol. The second-order valence-corrected chi connectivity index (χ2v) is 6.29. The lowest BCUT2D eigenvalue weighted by molar-refractivity contribution is 0.102. The highest BCUT2D eigenvalue weighted by Crippen LogP contribution is 2.30. The van der Waals surface area contributed by atoms with Gasteiger partial charge in [0, 0.05) is 35.3 Å². The number of halogens is 1. The Hall–Kier alpha value is -3.18. The first kappa shape index (κ1) is 16.3. The SMILES string of the molecule is Cn1ccc(NC(=O)c2cc(-c3ccccc3Cl)nc3ccccc23)n1. The van der Waals surface area contributed by atoms with E-state index in [9.17, 15) is 4.79 Å². The fraction of sp³-hybridized carbons (Fsp3) is 0.0500. The number of aryl methyl sites for hydroxylation is 1. The van der Waals surface area contributed by atoms with E-state index in [0.717, 1.165) is 16.5 Å². The molecule has 2 heterocycles. The molecule has 0 bridgehead atoms. The fourth-order valence-corrected chi connectivity index (χ4v) is 3.07. The van der Waals surface area contributed by atoms with Crippen LogP contribution in [0.1, 0.15) is 10.4 Å². The standard InChI is InChI=1S/C20H15ClN4O/c1-25-11-10-19(24-25)23-20(26)15-12-18(14-7-2-4-8-16(14)21)22-17-9-5-3-6-13(15)17/h2-12H,1H3,(H,23,24,26). The van der Waals surface area contributed by atoms with Gasteiger partial charge in [0.05, 0.1) is 16.8 Å². The lowest BCUT2D eigenvalue weighted by Crippen LogP contribution is -2.13. The van der Waals surface area contributed by atoms with Gasteiger partial charge in [-0.05, 0) is 18.2 Å². The number of aromatic nitrogens is 3. The minimum Gasteiger partial charge on any atom is -0.305 e. The number of rotatable bonds is 3. The van der Waals surface area contributed by atoms with E-state index in [0.29, 0.717) is 22.1 Å². The van der Waals surface area contributed by atoms with Crippen LogP contribution in [0.2, 0.25) is 5.02 Å². The minimum atomic E-state index is -0.240. The molecular formula is C20H15ClN4O. The number of para-hydroxylation sites is 1. The predicted molar refractivity (Wildman–Crippen MR) is 103 cm³/mol. The first-order valence-electron chi connectivity index (χ1n) is 8.07. The predicted octanol–water partition coefficient (Wildman–Crippen LogP) is 4.54. The number of carbonyl (C=O) groups is 1. The van der Waals surface area contributed by atoms with Crippen LogP contribution in [0.15, 0.2) is 66.9 Å². The van der Waals surface area contributed by atoms with E-state index >= 15 is 0 Å². The molecule has 0 atom stereocenters. The molecule has 4 aromatic rings. The number of hydrogen-bond acceptors (Lipinski definition) is 3. The molecule has 0 fully saturated rings. The Kier molecular flexibility index (Phi) is 4.14. The number of anilines is 1. The smallest absolute Gasteiger partial charge is 0.257 e. The number of carbonyl (C=O) groups excluding carboxylic acids is 1. The van der Waals surface area contributed by atoms with Crippen molar-refractivity contribution >= 4 is 34.2 Å².